The zero-order chi connectivity index (χ0) is 22.1. The molecule has 0 aromatic heterocycles. The third kappa shape index (κ3) is 4.64. The molecule has 1 N–H and O–H groups in total. The summed E-state index contributed by atoms with van der Waals surface area (Å²) in [6, 6.07) is 17.5. The fraction of sp³-hybridized carbons (Fsp3) is 0.125. The number of halogens is 4. The number of nitrogens with zero attached hydrogens (tertiary/aromatic N) is 1. The van der Waals surface area contributed by atoms with Gasteiger partial charge in [-0.1, -0.05) is 47.5 Å². The average Bonchev–Trinajstić information content (AvgIpc) is 2.67. The number of benzene rings is 3. The summed E-state index contributed by atoms with van der Waals surface area (Å²) in [7, 11) is 0. The molecule has 0 radical (unpaired) electrons. The molecule has 0 atom stereocenters. The van der Waals surface area contributed by atoms with Gasteiger partial charge in [0.2, 0.25) is 0 Å². The van der Waals surface area contributed by atoms with Crippen LogP contribution in [0.3, 0.4) is 0 Å². The van der Waals surface area contributed by atoms with Gasteiger partial charge < -0.3 is 5.11 Å². The molecule has 31 heavy (non-hydrogen) atoms. The maximum absolute atomic E-state index is 13.7. The Kier molecular flexibility index (Phi) is 6.10. The molecule has 0 saturated carbocycles. The predicted molar refractivity (Wildman–Crippen MR) is 117 cm³/mol. The Morgan fingerprint density at radius 2 is 1.29 bits per heavy atom. The van der Waals surface area contributed by atoms with Crippen LogP contribution in [0, 0.1) is 11.6 Å². The molecule has 1 saturated heterocycles. The highest BCUT2D eigenvalue weighted by atomic mass is 35.5. The van der Waals surface area contributed by atoms with Crippen molar-refractivity contribution in [3.8, 4) is 0 Å². The van der Waals surface area contributed by atoms with Gasteiger partial charge in [-0.25, -0.2) is 13.6 Å². The van der Waals surface area contributed by atoms with Crippen LogP contribution in [-0.4, -0.2) is 29.1 Å². The molecule has 7 heteroatoms. The minimum absolute atomic E-state index is 0.0224. The first-order valence-electron chi connectivity index (χ1n) is 9.48. The smallest absolute Gasteiger partial charge is 0.336 e. The summed E-state index contributed by atoms with van der Waals surface area (Å²) < 4.78 is 27.3. The standard InChI is InChI=1S/C24H17Cl2F2NO2/c25-18-5-1-14(2-6-18)23(15-3-7-19(26)8-4-15)29-12-17(13-29)22(24(30)31)16-9-20(27)11-21(28)10-16/h1-11,23H,12-13H2,(H,30,31). The predicted octanol–water partition coefficient (Wildman–Crippen LogP) is 6.22. The Bertz CT molecular complexity index is 1090. The van der Waals surface area contributed by atoms with Gasteiger partial charge in [0.25, 0.3) is 0 Å². The second-order valence-electron chi connectivity index (χ2n) is 7.35. The summed E-state index contributed by atoms with van der Waals surface area (Å²) in [5, 5.41) is 10.9. The molecule has 3 aromatic carbocycles. The molecule has 0 amide bonds. The van der Waals surface area contributed by atoms with Crippen molar-refractivity contribution >= 4 is 34.7 Å². The van der Waals surface area contributed by atoms with Crippen LogP contribution in [0.5, 0.6) is 0 Å². The van der Waals surface area contributed by atoms with Gasteiger partial charge >= 0.3 is 5.97 Å². The van der Waals surface area contributed by atoms with E-state index in [0.717, 1.165) is 29.3 Å². The molecule has 0 unspecified atom stereocenters. The van der Waals surface area contributed by atoms with E-state index in [1.807, 2.05) is 24.3 Å². The SMILES string of the molecule is O=C(O)C(=C1CN(C(c2ccc(Cl)cc2)c2ccc(Cl)cc2)C1)c1cc(F)cc(F)c1. The molecule has 1 heterocycles. The van der Waals surface area contributed by atoms with Crippen LogP contribution in [0.2, 0.25) is 10.0 Å². The highest BCUT2D eigenvalue weighted by Crippen LogP contribution is 2.37. The first-order valence-corrected chi connectivity index (χ1v) is 10.2. The average molecular weight is 460 g/mol. The van der Waals surface area contributed by atoms with Gasteiger partial charge in [-0.15, -0.1) is 0 Å². The Balaban J connectivity index is 1.69. The van der Waals surface area contributed by atoms with Crippen molar-refractivity contribution in [2.75, 3.05) is 13.1 Å². The summed E-state index contributed by atoms with van der Waals surface area (Å²) in [6.45, 7) is 0.686. The Labute approximate surface area is 188 Å². The van der Waals surface area contributed by atoms with Crippen molar-refractivity contribution in [3.63, 3.8) is 0 Å². The molecule has 1 aliphatic heterocycles. The monoisotopic (exact) mass is 459 g/mol. The van der Waals surface area contributed by atoms with Gasteiger partial charge in [0.1, 0.15) is 11.6 Å². The first-order chi connectivity index (χ1) is 14.8. The van der Waals surface area contributed by atoms with Gasteiger partial charge in [-0.2, -0.15) is 0 Å². The maximum Gasteiger partial charge on any atom is 0.336 e. The second kappa shape index (κ2) is 8.79. The highest BCUT2D eigenvalue weighted by molar-refractivity contribution is 6.30. The lowest BCUT2D eigenvalue weighted by Crippen LogP contribution is -2.44. The molecule has 3 aromatic rings. The van der Waals surface area contributed by atoms with E-state index in [9.17, 15) is 18.7 Å². The van der Waals surface area contributed by atoms with Crippen LogP contribution in [-0.2, 0) is 4.79 Å². The Morgan fingerprint density at radius 1 is 0.839 bits per heavy atom. The fourth-order valence-electron chi connectivity index (χ4n) is 3.87. The third-order valence-corrected chi connectivity index (χ3v) is 5.75. The number of hydrogen-bond acceptors (Lipinski definition) is 2. The first kappa shape index (κ1) is 21.5. The molecule has 0 bridgehead atoms. The van der Waals surface area contributed by atoms with Crippen LogP contribution in [0.25, 0.3) is 5.57 Å². The van der Waals surface area contributed by atoms with Crippen molar-refractivity contribution in [2.24, 2.45) is 0 Å². The van der Waals surface area contributed by atoms with E-state index in [4.69, 9.17) is 23.2 Å². The lowest BCUT2D eigenvalue weighted by molar-refractivity contribution is -0.130. The fourth-order valence-corrected chi connectivity index (χ4v) is 4.12. The van der Waals surface area contributed by atoms with Crippen molar-refractivity contribution in [1.82, 2.24) is 4.90 Å². The molecule has 0 aliphatic carbocycles. The number of aliphatic carboxylic acids is 1. The second-order valence-corrected chi connectivity index (χ2v) is 8.23. The number of rotatable bonds is 5. The molecule has 3 nitrogen and oxygen atoms in total. The normalized spacial score (nSPS) is 13.9. The summed E-state index contributed by atoms with van der Waals surface area (Å²) >= 11 is 12.1. The summed E-state index contributed by atoms with van der Waals surface area (Å²) in [4.78, 5) is 14.0. The zero-order valence-electron chi connectivity index (χ0n) is 16.2. The van der Waals surface area contributed by atoms with Crippen molar-refractivity contribution in [1.29, 1.82) is 0 Å². The van der Waals surface area contributed by atoms with Gasteiger partial charge in [-0.3, -0.25) is 4.90 Å². The summed E-state index contributed by atoms with van der Waals surface area (Å²) in [6.07, 6.45) is 0. The quantitative estimate of drug-likeness (QED) is 0.460. The summed E-state index contributed by atoms with van der Waals surface area (Å²) in [5.74, 6) is -2.84. The minimum Gasteiger partial charge on any atom is -0.478 e. The van der Waals surface area contributed by atoms with Crippen LogP contribution in [0.4, 0.5) is 8.78 Å². The van der Waals surface area contributed by atoms with Crippen molar-refractivity contribution in [2.45, 2.75) is 6.04 Å². The van der Waals surface area contributed by atoms with Crippen LogP contribution in [0.15, 0.2) is 72.3 Å². The Morgan fingerprint density at radius 3 is 1.71 bits per heavy atom. The molecule has 0 spiro atoms. The number of carboxylic acid groups (broad SMARTS) is 1. The summed E-state index contributed by atoms with van der Waals surface area (Å²) in [5.41, 5.74) is 2.53. The van der Waals surface area contributed by atoms with Gasteiger partial charge in [0.05, 0.1) is 11.6 Å². The molecule has 1 aliphatic rings. The third-order valence-electron chi connectivity index (χ3n) is 5.24. The number of carbonyl (C=O) groups is 1. The lowest BCUT2D eigenvalue weighted by atomic mass is 9.89. The van der Waals surface area contributed by atoms with Gasteiger partial charge in [0, 0.05) is 29.2 Å². The van der Waals surface area contributed by atoms with Gasteiger partial charge in [-0.05, 0) is 58.7 Å². The Hall–Kier alpha value is -2.73. The van der Waals surface area contributed by atoms with E-state index < -0.39 is 17.6 Å². The van der Waals surface area contributed by atoms with E-state index >= 15 is 0 Å². The topological polar surface area (TPSA) is 40.5 Å². The van der Waals surface area contributed by atoms with Crippen LogP contribution < -0.4 is 0 Å². The zero-order valence-corrected chi connectivity index (χ0v) is 17.7. The molecule has 4 rings (SSSR count). The van der Waals surface area contributed by atoms with Crippen molar-refractivity contribution < 1.29 is 18.7 Å². The maximum atomic E-state index is 13.7. The van der Waals surface area contributed by atoms with Crippen molar-refractivity contribution in [3.05, 3.63) is 111 Å². The van der Waals surface area contributed by atoms with Crippen LogP contribution >= 0.6 is 23.2 Å². The van der Waals surface area contributed by atoms with E-state index in [2.05, 4.69) is 4.90 Å². The number of hydrogen-bond donors (Lipinski definition) is 1. The number of carboxylic acids is 1. The number of likely N-dealkylation sites (tertiary alicyclic amines) is 1. The van der Waals surface area contributed by atoms with Gasteiger partial charge in [0.15, 0.2) is 0 Å². The van der Waals surface area contributed by atoms with E-state index in [0.29, 0.717) is 28.7 Å². The minimum atomic E-state index is -1.21. The highest BCUT2D eigenvalue weighted by Gasteiger charge is 2.34. The molecular formula is C24H17Cl2F2NO2. The molecular weight excluding hydrogens is 443 g/mol. The van der Waals surface area contributed by atoms with E-state index in [1.54, 1.807) is 24.3 Å². The van der Waals surface area contributed by atoms with E-state index in [-0.39, 0.29) is 17.2 Å². The molecule has 158 valence electrons. The largest absolute Gasteiger partial charge is 0.478 e. The lowest BCUT2D eigenvalue weighted by Gasteiger charge is -2.42. The molecule has 1 fully saturated rings. The van der Waals surface area contributed by atoms with E-state index in [1.165, 1.54) is 0 Å². The van der Waals surface area contributed by atoms with Crippen LogP contribution in [0.1, 0.15) is 22.7 Å².